The topological polar surface area (TPSA) is 127 Å². The third kappa shape index (κ3) is 3.86. The van der Waals surface area contributed by atoms with Crippen LogP contribution in [0.15, 0.2) is 24.3 Å². The zero-order valence-electron chi connectivity index (χ0n) is 12.5. The Balaban J connectivity index is 2.02. The molecule has 0 bridgehead atoms. The predicted octanol–water partition coefficient (Wildman–Crippen LogP) is -0.829. The average molecular weight is 339 g/mol. The Morgan fingerprint density at radius 1 is 1.26 bits per heavy atom. The smallest absolute Gasteiger partial charge is 0.316 e. The lowest BCUT2D eigenvalue weighted by Crippen LogP contribution is -2.47. The Labute approximate surface area is 133 Å². The van der Waals surface area contributed by atoms with E-state index in [0.29, 0.717) is 0 Å². The summed E-state index contributed by atoms with van der Waals surface area (Å²) in [4.78, 5) is 36.9. The number of imide groups is 1. The number of amides is 3. The van der Waals surface area contributed by atoms with E-state index in [0.717, 1.165) is 4.90 Å². The molecule has 3 amide bonds. The highest BCUT2D eigenvalue weighted by Crippen LogP contribution is 2.16. The third-order valence-electron chi connectivity index (χ3n) is 3.70. The van der Waals surface area contributed by atoms with Gasteiger partial charge in [-0.05, 0) is 18.6 Å². The van der Waals surface area contributed by atoms with Crippen molar-refractivity contribution in [1.29, 1.82) is 0 Å². The van der Waals surface area contributed by atoms with Gasteiger partial charge in [-0.2, -0.15) is 0 Å². The molecule has 124 valence electrons. The summed E-state index contributed by atoms with van der Waals surface area (Å²) in [6, 6.07) is 5.57. The molecule has 8 nitrogen and oxygen atoms in total. The number of nitrogens with zero attached hydrogens (tertiary/aromatic N) is 1. The normalized spacial score (nSPS) is 19.1. The lowest BCUT2D eigenvalue weighted by Gasteiger charge is -2.22. The number of carbonyl (C=O) groups excluding carboxylic acids is 3. The Hall–Kier alpha value is -2.42. The van der Waals surface area contributed by atoms with Crippen LogP contribution >= 0.6 is 0 Å². The molecule has 1 aromatic carbocycles. The molecular formula is C14H17N3O5S. The van der Waals surface area contributed by atoms with Crippen LogP contribution in [0.1, 0.15) is 16.8 Å². The SMILES string of the molecule is CN(C(=O)C(=O)NC(=O)c1ccccc1N)C1CCS(=O)(=O)C1. The molecule has 3 N–H and O–H groups in total. The highest BCUT2D eigenvalue weighted by atomic mass is 32.2. The number of anilines is 1. The van der Waals surface area contributed by atoms with Crippen molar-refractivity contribution < 1.29 is 22.8 Å². The van der Waals surface area contributed by atoms with Crippen LogP contribution in [0.2, 0.25) is 0 Å². The maximum absolute atomic E-state index is 12.0. The van der Waals surface area contributed by atoms with Crippen LogP contribution in [0, 0.1) is 0 Å². The van der Waals surface area contributed by atoms with Crippen LogP contribution in [-0.2, 0) is 19.4 Å². The van der Waals surface area contributed by atoms with E-state index >= 15 is 0 Å². The number of nitrogen functional groups attached to an aromatic ring is 1. The second-order valence-electron chi connectivity index (χ2n) is 5.34. The monoisotopic (exact) mass is 339 g/mol. The largest absolute Gasteiger partial charge is 0.398 e. The predicted molar refractivity (Wildman–Crippen MR) is 83.2 cm³/mol. The number of hydrogen-bond donors (Lipinski definition) is 2. The van der Waals surface area contributed by atoms with Crippen LogP contribution in [0.3, 0.4) is 0 Å². The Bertz CT molecular complexity index is 759. The van der Waals surface area contributed by atoms with Crippen molar-refractivity contribution in [3.8, 4) is 0 Å². The van der Waals surface area contributed by atoms with Crippen LogP contribution in [0.4, 0.5) is 5.69 Å². The molecule has 0 saturated carbocycles. The molecular weight excluding hydrogens is 322 g/mol. The fourth-order valence-electron chi connectivity index (χ4n) is 2.33. The maximum Gasteiger partial charge on any atom is 0.316 e. The van der Waals surface area contributed by atoms with Gasteiger partial charge < -0.3 is 10.6 Å². The quantitative estimate of drug-likeness (QED) is 0.535. The number of rotatable bonds is 2. The minimum absolute atomic E-state index is 0.0175. The fourth-order valence-corrected chi connectivity index (χ4v) is 4.11. The second kappa shape index (κ2) is 6.37. The van der Waals surface area contributed by atoms with Crippen molar-refractivity contribution in [2.75, 3.05) is 24.3 Å². The lowest BCUT2D eigenvalue weighted by atomic mass is 10.1. The van der Waals surface area contributed by atoms with Gasteiger partial charge in [-0.15, -0.1) is 0 Å². The zero-order chi connectivity index (χ0) is 17.2. The zero-order valence-corrected chi connectivity index (χ0v) is 13.3. The first-order valence-electron chi connectivity index (χ1n) is 6.88. The van der Waals surface area contributed by atoms with Crippen molar-refractivity contribution in [3.05, 3.63) is 29.8 Å². The van der Waals surface area contributed by atoms with E-state index in [1.54, 1.807) is 12.1 Å². The molecule has 23 heavy (non-hydrogen) atoms. The number of likely N-dealkylation sites (N-methyl/N-ethyl adjacent to an activating group) is 1. The van der Waals surface area contributed by atoms with E-state index < -0.39 is 33.6 Å². The standard InChI is InChI=1S/C14H17N3O5S/c1-17(9-6-7-23(21,22)8-9)14(20)13(19)16-12(18)10-4-2-3-5-11(10)15/h2-5,9H,6-8,15H2,1H3,(H,16,18,19). The highest BCUT2D eigenvalue weighted by Gasteiger charge is 2.35. The minimum Gasteiger partial charge on any atom is -0.398 e. The Morgan fingerprint density at radius 2 is 1.91 bits per heavy atom. The van der Waals surface area contributed by atoms with Crippen molar-refractivity contribution in [2.45, 2.75) is 12.5 Å². The van der Waals surface area contributed by atoms with Gasteiger partial charge in [0.25, 0.3) is 5.91 Å². The third-order valence-corrected chi connectivity index (χ3v) is 5.45. The first-order chi connectivity index (χ1) is 10.7. The van der Waals surface area contributed by atoms with E-state index in [4.69, 9.17) is 5.73 Å². The van der Waals surface area contributed by atoms with Gasteiger partial charge in [-0.3, -0.25) is 19.7 Å². The average Bonchev–Trinajstić information content (AvgIpc) is 2.86. The van der Waals surface area contributed by atoms with Crippen LogP contribution in [-0.4, -0.2) is 55.6 Å². The highest BCUT2D eigenvalue weighted by molar-refractivity contribution is 7.91. The molecule has 1 atom stereocenters. The molecule has 0 radical (unpaired) electrons. The summed E-state index contributed by atoms with van der Waals surface area (Å²) in [7, 11) is -1.84. The van der Waals surface area contributed by atoms with E-state index in [2.05, 4.69) is 0 Å². The summed E-state index contributed by atoms with van der Waals surface area (Å²) in [6.07, 6.45) is 0.275. The molecule has 1 aliphatic heterocycles. The number of hydrogen-bond acceptors (Lipinski definition) is 6. The van der Waals surface area contributed by atoms with Gasteiger partial charge in [0.1, 0.15) is 0 Å². The van der Waals surface area contributed by atoms with Crippen molar-refractivity contribution in [2.24, 2.45) is 0 Å². The number of nitrogens with one attached hydrogen (secondary N) is 1. The summed E-state index contributed by atoms with van der Waals surface area (Å²) in [6.45, 7) is 0. The fraction of sp³-hybridized carbons (Fsp3) is 0.357. The van der Waals surface area contributed by atoms with Crippen LogP contribution < -0.4 is 11.1 Å². The molecule has 1 heterocycles. The molecule has 0 aromatic heterocycles. The minimum atomic E-state index is -3.18. The van der Waals surface area contributed by atoms with Gasteiger partial charge in [0.05, 0.1) is 17.1 Å². The molecule has 1 unspecified atom stereocenters. The Morgan fingerprint density at radius 3 is 2.48 bits per heavy atom. The van der Waals surface area contributed by atoms with E-state index in [1.165, 1.54) is 19.2 Å². The van der Waals surface area contributed by atoms with Crippen molar-refractivity contribution in [3.63, 3.8) is 0 Å². The molecule has 0 spiro atoms. The first kappa shape index (κ1) is 16.9. The van der Waals surface area contributed by atoms with Gasteiger partial charge in [-0.1, -0.05) is 12.1 Å². The molecule has 9 heteroatoms. The summed E-state index contributed by atoms with van der Waals surface area (Å²) in [5, 5.41) is 1.96. The summed E-state index contributed by atoms with van der Waals surface area (Å²) in [5.41, 5.74) is 5.89. The number of sulfone groups is 1. The number of carbonyl (C=O) groups is 3. The molecule has 1 fully saturated rings. The van der Waals surface area contributed by atoms with Gasteiger partial charge >= 0.3 is 11.8 Å². The Kier molecular flexibility index (Phi) is 4.69. The summed E-state index contributed by atoms with van der Waals surface area (Å²) >= 11 is 0. The number of nitrogens with two attached hydrogens (primary N) is 1. The van der Waals surface area contributed by atoms with Gasteiger partial charge in [-0.25, -0.2) is 8.42 Å². The van der Waals surface area contributed by atoms with Gasteiger partial charge in [0.2, 0.25) is 0 Å². The van der Waals surface area contributed by atoms with Gasteiger partial charge in [0.15, 0.2) is 9.84 Å². The summed E-state index contributed by atoms with van der Waals surface area (Å²) in [5.74, 6) is -3.06. The molecule has 1 saturated heterocycles. The maximum atomic E-state index is 12.0. The molecule has 1 aromatic rings. The number of para-hydroxylation sites is 1. The van der Waals surface area contributed by atoms with E-state index in [9.17, 15) is 22.8 Å². The van der Waals surface area contributed by atoms with Crippen LogP contribution in [0.25, 0.3) is 0 Å². The van der Waals surface area contributed by atoms with Gasteiger partial charge in [0, 0.05) is 18.8 Å². The molecule has 1 aliphatic rings. The second-order valence-corrected chi connectivity index (χ2v) is 7.57. The molecule has 0 aliphatic carbocycles. The van der Waals surface area contributed by atoms with E-state index in [-0.39, 0.29) is 29.2 Å². The lowest BCUT2D eigenvalue weighted by molar-refractivity contribution is -0.145. The van der Waals surface area contributed by atoms with E-state index in [1.807, 2.05) is 5.32 Å². The number of benzene rings is 1. The van der Waals surface area contributed by atoms with Crippen molar-refractivity contribution in [1.82, 2.24) is 10.2 Å². The summed E-state index contributed by atoms with van der Waals surface area (Å²) < 4.78 is 22.9. The molecule has 2 rings (SSSR count). The first-order valence-corrected chi connectivity index (χ1v) is 8.71. The van der Waals surface area contributed by atoms with Crippen molar-refractivity contribution >= 4 is 33.2 Å². The van der Waals surface area contributed by atoms with Crippen LogP contribution in [0.5, 0.6) is 0 Å².